The van der Waals surface area contributed by atoms with Gasteiger partial charge in [-0.25, -0.2) is 0 Å². The molecule has 0 N–H and O–H groups in total. The average Bonchev–Trinajstić information content (AvgIpc) is 2.40. The van der Waals surface area contributed by atoms with Crippen LogP contribution in [0.1, 0.15) is 80.1 Å². The van der Waals surface area contributed by atoms with Crippen LogP contribution < -0.4 is 0 Å². The SMILES string of the molecule is CC[CH2][Ge]([CH2]CC)([CH2]CC)[O][Ge]([CH2]CC)([CH2]CC)[CH2]CC. The molecule has 0 saturated heterocycles. The van der Waals surface area contributed by atoms with Crippen LogP contribution in [0.3, 0.4) is 0 Å². The van der Waals surface area contributed by atoms with Crippen LogP contribution in [0.15, 0.2) is 0 Å². The molecular formula is C18H42Ge2O. The van der Waals surface area contributed by atoms with Gasteiger partial charge in [-0.2, -0.15) is 0 Å². The first-order chi connectivity index (χ1) is 10.1. The van der Waals surface area contributed by atoms with Crippen LogP contribution >= 0.6 is 0 Å². The first-order valence-corrected chi connectivity index (χ1v) is 20.4. The average molecular weight is 420 g/mol. The van der Waals surface area contributed by atoms with Crippen molar-refractivity contribution < 1.29 is 2.79 Å². The van der Waals surface area contributed by atoms with Crippen molar-refractivity contribution in [2.24, 2.45) is 0 Å². The molecule has 1 nitrogen and oxygen atoms in total. The summed E-state index contributed by atoms with van der Waals surface area (Å²) >= 11 is -4.09. The van der Waals surface area contributed by atoms with Crippen molar-refractivity contribution in [2.45, 2.75) is 112 Å². The van der Waals surface area contributed by atoms with E-state index in [1.165, 1.54) is 70.0 Å². The van der Waals surface area contributed by atoms with Crippen molar-refractivity contribution in [1.82, 2.24) is 0 Å². The van der Waals surface area contributed by atoms with Gasteiger partial charge in [-0.05, 0) is 0 Å². The van der Waals surface area contributed by atoms with Crippen molar-refractivity contribution in [1.29, 1.82) is 0 Å². The molecule has 0 amide bonds. The molecule has 3 heteroatoms. The molecule has 0 bridgehead atoms. The quantitative estimate of drug-likeness (QED) is 0.267. The normalized spacial score (nSPS) is 12.9. The third-order valence-corrected chi connectivity index (χ3v) is 33.7. The second-order valence-corrected chi connectivity index (χ2v) is 25.8. The fraction of sp³-hybridized carbons (Fsp3) is 1.00. The van der Waals surface area contributed by atoms with E-state index in [0.29, 0.717) is 0 Å². The topological polar surface area (TPSA) is 9.23 Å². The molecule has 0 fully saturated rings. The Morgan fingerprint density at radius 1 is 0.429 bits per heavy atom. The Bertz CT molecular complexity index is 185. The van der Waals surface area contributed by atoms with Crippen molar-refractivity contribution in [3.8, 4) is 0 Å². The number of hydrogen-bond donors (Lipinski definition) is 0. The molecule has 0 spiro atoms. The summed E-state index contributed by atoms with van der Waals surface area (Å²) in [6, 6.07) is 0. The van der Waals surface area contributed by atoms with Gasteiger partial charge in [-0.1, -0.05) is 0 Å². The van der Waals surface area contributed by atoms with Crippen LogP contribution in [0.4, 0.5) is 0 Å². The van der Waals surface area contributed by atoms with E-state index in [0.717, 1.165) is 0 Å². The third kappa shape index (κ3) is 7.92. The van der Waals surface area contributed by atoms with Gasteiger partial charge in [0.25, 0.3) is 0 Å². The molecule has 0 rings (SSSR count). The Kier molecular flexibility index (Phi) is 13.1. The molecule has 0 aliphatic carbocycles. The van der Waals surface area contributed by atoms with E-state index >= 15 is 0 Å². The summed E-state index contributed by atoms with van der Waals surface area (Å²) in [5, 5.41) is 8.78. The van der Waals surface area contributed by atoms with Gasteiger partial charge in [0.1, 0.15) is 0 Å². The molecule has 0 radical (unpaired) electrons. The summed E-state index contributed by atoms with van der Waals surface area (Å²) < 4.78 is 7.44. The molecular weight excluding hydrogens is 377 g/mol. The number of rotatable bonds is 14. The van der Waals surface area contributed by atoms with Gasteiger partial charge in [-0.3, -0.25) is 0 Å². The summed E-state index contributed by atoms with van der Waals surface area (Å²) in [5.74, 6) is 0. The van der Waals surface area contributed by atoms with E-state index in [4.69, 9.17) is 2.79 Å². The Balaban J connectivity index is 5.30. The Morgan fingerprint density at radius 3 is 0.762 bits per heavy atom. The fourth-order valence-electron chi connectivity index (χ4n) is 4.25. The van der Waals surface area contributed by atoms with Crippen LogP contribution in [0.25, 0.3) is 0 Å². The van der Waals surface area contributed by atoms with Crippen LogP contribution in [0, 0.1) is 0 Å². The van der Waals surface area contributed by atoms with E-state index in [2.05, 4.69) is 41.5 Å². The zero-order valence-electron chi connectivity index (χ0n) is 15.9. The third-order valence-electron chi connectivity index (χ3n) is 4.67. The minimum absolute atomic E-state index is 1.35. The first-order valence-electron chi connectivity index (χ1n) is 9.77. The summed E-state index contributed by atoms with van der Waals surface area (Å²) in [4.78, 5) is 0. The molecule has 21 heavy (non-hydrogen) atoms. The van der Waals surface area contributed by atoms with Crippen molar-refractivity contribution in [3.05, 3.63) is 0 Å². The maximum absolute atomic E-state index is 7.44. The number of hydrogen-bond acceptors (Lipinski definition) is 1. The Labute approximate surface area is 141 Å². The zero-order chi connectivity index (χ0) is 16.2. The van der Waals surface area contributed by atoms with Gasteiger partial charge in [0.05, 0.1) is 0 Å². The molecule has 0 unspecified atom stereocenters. The van der Waals surface area contributed by atoms with Crippen LogP contribution in [-0.4, -0.2) is 27.2 Å². The molecule has 0 aromatic heterocycles. The van der Waals surface area contributed by atoms with Gasteiger partial charge in [0, 0.05) is 0 Å². The standard InChI is InChI=1S/C18H42Ge2O/c1-7-13-19(14-8-2,15-9-3)21-20(16-10-4,17-11-5)18-12-6/h7-18H2,1-6H3. The van der Waals surface area contributed by atoms with Crippen LogP contribution in [0.2, 0.25) is 31.5 Å². The van der Waals surface area contributed by atoms with Crippen molar-refractivity contribution in [3.63, 3.8) is 0 Å². The predicted molar refractivity (Wildman–Crippen MR) is 103 cm³/mol. The minimum atomic E-state index is -2.05. The van der Waals surface area contributed by atoms with Crippen molar-refractivity contribution >= 4 is 27.2 Å². The van der Waals surface area contributed by atoms with E-state index in [1.807, 2.05) is 0 Å². The molecule has 128 valence electrons. The fourth-order valence-corrected chi connectivity index (χ4v) is 38.8. The van der Waals surface area contributed by atoms with Gasteiger partial charge in [0.15, 0.2) is 0 Å². The maximum atomic E-state index is 7.44. The summed E-state index contributed by atoms with van der Waals surface area (Å²) in [7, 11) is 0. The van der Waals surface area contributed by atoms with E-state index in [9.17, 15) is 0 Å². The predicted octanol–water partition coefficient (Wildman–Crippen LogP) is 7.35. The summed E-state index contributed by atoms with van der Waals surface area (Å²) in [5.41, 5.74) is 0. The molecule has 0 aliphatic heterocycles. The monoisotopic (exact) mass is 422 g/mol. The van der Waals surface area contributed by atoms with E-state index in [1.54, 1.807) is 0 Å². The molecule has 0 aromatic rings. The zero-order valence-corrected chi connectivity index (χ0v) is 20.1. The van der Waals surface area contributed by atoms with Gasteiger partial charge >= 0.3 is 142 Å². The first kappa shape index (κ1) is 22.0. The Hall–Kier alpha value is 1.05. The van der Waals surface area contributed by atoms with Gasteiger partial charge in [0.2, 0.25) is 0 Å². The molecule has 0 saturated carbocycles. The van der Waals surface area contributed by atoms with Gasteiger partial charge in [-0.15, -0.1) is 0 Å². The van der Waals surface area contributed by atoms with Crippen LogP contribution in [-0.2, 0) is 2.79 Å². The second kappa shape index (κ2) is 12.5. The summed E-state index contributed by atoms with van der Waals surface area (Å²) in [6.45, 7) is 14.3. The van der Waals surface area contributed by atoms with Gasteiger partial charge < -0.3 is 0 Å². The Morgan fingerprint density at radius 2 is 0.619 bits per heavy atom. The van der Waals surface area contributed by atoms with E-state index in [-0.39, 0.29) is 0 Å². The second-order valence-electron chi connectivity index (χ2n) is 6.97. The van der Waals surface area contributed by atoms with Crippen molar-refractivity contribution in [2.75, 3.05) is 0 Å². The summed E-state index contributed by atoms with van der Waals surface area (Å²) in [6.07, 6.45) is 8.10. The molecule has 0 aromatic carbocycles. The molecule has 0 heterocycles. The van der Waals surface area contributed by atoms with Crippen LogP contribution in [0.5, 0.6) is 0 Å². The molecule has 0 atom stereocenters. The van der Waals surface area contributed by atoms with E-state index < -0.39 is 27.2 Å². The molecule has 0 aliphatic rings.